The highest BCUT2D eigenvalue weighted by atomic mass is 16.5. The van der Waals surface area contributed by atoms with E-state index in [1.54, 1.807) is 12.3 Å². The summed E-state index contributed by atoms with van der Waals surface area (Å²) in [4.78, 5) is 38.3. The molecular weight excluding hydrogens is 394 g/mol. The molecule has 8 heteroatoms. The first-order valence-electron chi connectivity index (χ1n) is 10.5. The summed E-state index contributed by atoms with van der Waals surface area (Å²) in [6.07, 6.45) is 4.99. The zero-order valence-corrected chi connectivity index (χ0v) is 18.3. The van der Waals surface area contributed by atoms with Gasteiger partial charge in [-0.25, -0.2) is 14.8 Å². The molecule has 31 heavy (non-hydrogen) atoms. The number of pyridine rings is 2. The van der Waals surface area contributed by atoms with Gasteiger partial charge in [0.2, 0.25) is 5.91 Å². The summed E-state index contributed by atoms with van der Waals surface area (Å²) in [7, 11) is 0. The molecule has 1 aliphatic rings. The lowest BCUT2D eigenvalue weighted by Gasteiger charge is -2.18. The van der Waals surface area contributed by atoms with Crippen molar-refractivity contribution in [3.8, 4) is 5.75 Å². The van der Waals surface area contributed by atoms with Crippen molar-refractivity contribution in [1.29, 1.82) is 0 Å². The molecular formula is C23H27N5O3. The molecule has 1 aliphatic heterocycles. The minimum atomic E-state index is -0.499. The van der Waals surface area contributed by atoms with Crippen LogP contribution in [0.25, 0.3) is 11.0 Å². The van der Waals surface area contributed by atoms with Gasteiger partial charge in [0, 0.05) is 35.7 Å². The van der Waals surface area contributed by atoms with E-state index in [9.17, 15) is 9.59 Å². The van der Waals surface area contributed by atoms with E-state index in [0.29, 0.717) is 31.8 Å². The first kappa shape index (κ1) is 20.8. The van der Waals surface area contributed by atoms with Gasteiger partial charge in [-0.3, -0.25) is 15.0 Å². The summed E-state index contributed by atoms with van der Waals surface area (Å²) < 4.78 is 5.57. The summed E-state index contributed by atoms with van der Waals surface area (Å²) in [6.45, 7) is 8.58. The van der Waals surface area contributed by atoms with Crippen molar-refractivity contribution in [2.75, 3.05) is 18.5 Å². The minimum Gasteiger partial charge on any atom is -0.492 e. The fourth-order valence-electron chi connectivity index (χ4n) is 3.82. The van der Waals surface area contributed by atoms with Crippen LogP contribution in [0.2, 0.25) is 0 Å². The van der Waals surface area contributed by atoms with Gasteiger partial charge in [-0.2, -0.15) is 0 Å². The number of anilines is 1. The van der Waals surface area contributed by atoms with Crippen LogP contribution >= 0.6 is 0 Å². The monoisotopic (exact) mass is 421 g/mol. The molecule has 4 heterocycles. The fraction of sp³-hybridized carbons (Fsp3) is 0.391. The standard InChI is InChI=1S/C23H27N5O3/c1-5-31-17-11-18-16(12-24-20(18)25-13-17)10-15-6-7-19(26-14(15)2)27-22(30)28-9-8-23(3,4)21(28)29/h6-7,11-13H,5,8-10H2,1-4H3,(H,24,25)(H,26,27,30). The minimum absolute atomic E-state index is 0.155. The average Bonchev–Trinajstić information content (AvgIpc) is 3.24. The topological polar surface area (TPSA) is 100 Å². The summed E-state index contributed by atoms with van der Waals surface area (Å²) >= 11 is 0. The smallest absolute Gasteiger partial charge is 0.329 e. The van der Waals surface area contributed by atoms with Crippen LogP contribution in [0, 0.1) is 12.3 Å². The van der Waals surface area contributed by atoms with Crippen LogP contribution in [0.15, 0.2) is 30.6 Å². The number of rotatable bonds is 5. The fourth-order valence-corrected chi connectivity index (χ4v) is 3.82. The molecule has 0 saturated carbocycles. The summed E-state index contributed by atoms with van der Waals surface area (Å²) in [5, 5.41) is 3.76. The summed E-state index contributed by atoms with van der Waals surface area (Å²) in [6, 6.07) is 5.28. The number of hydrogen-bond acceptors (Lipinski definition) is 5. The van der Waals surface area contributed by atoms with Gasteiger partial charge in [-0.05, 0) is 43.5 Å². The highest BCUT2D eigenvalue weighted by Crippen LogP contribution is 2.31. The number of aromatic nitrogens is 3. The number of ether oxygens (including phenoxy) is 1. The predicted molar refractivity (Wildman–Crippen MR) is 118 cm³/mol. The van der Waals surface area contributed by atoms with Crippen molar-refractivity contribution >= 4 is 28.8 Å². The maximum absolute atomic E-state index is 12.5. The van der Waals surface area contributed by atoms with Crippen LogP contribution in [0.5, 0.6) is 5.75 Å². The number of carbonyl (C=O) groups is 2. The van der Waals surface area contributed by atoms with Crippen LogP contribution in [0.3, 0.4) is 0 Å². The van der Waals surface area contributed by atoms with Gasteiger partial charge in [0.25, 0.3) is 0 Å². The number of urea groups is 1. The number of likely N-dealkylation sites (tertiary alicyclic amines) is 1. The molecule has 0 radical (unpaired) electrons. The Balaban J connectivity index is 1.49. The Bertz CT molecular complexity index is 1150. The van der Waals surface area contributed by atoms with Crippen LogP contribution in [-0.2, 0) is 11.2 Å². The van der Waals surface area contributed by atoms with E-state index in [1.807, 2.05) is 46.0 Å². The van der Waals surface area contributed by atoms with Gasteiger partial charge in [0.15, 0.2) is 0 Å². The third-order valence-electron chi connectivity index (χ3n) is 5.74. The van der Waals surface area contributed by atoms with E-state index >= 15 is 0 Å². The molecule has 4 rings (SSSR count). The van der Waals surface area contributed by atoms with Gasteiger partial charge in [-0.1, -0.05) is 19.9 Å². The number of aromatic amines is 1. The molecule has 3 amide bonds. The van der Waals surface area contributed by atoms with Gasteiger partial charge in [0.1, 0.15) is 17.2 Å². The SMILES string of the molecule is CCOc1cnc2[nH]cc(Cc3ccc(NC(=O)N4CCC(C)(C)C4=O)nc3C)c2c1. The van der Waals surface area contributed by atoms with Crippen molar-refractivity contribution in [1.82, 2.24) is 19.9 Å². The molecule has 0 aromatic carbocycles. The second kappa shape index (κ2) is 8.02. The Kier molecular flexibility index (Phi) is 5.39. The van der Waals surface area contributed by atoms with Crippen LogP contribution in [0.1, 0.15) is 44.0 Å². The Hall–Kier alpha value is -3.42. The maximum atomic E-state index is 12.5. The maximum Gasteiger partial charge on any atom is 0.329 e. The molecule has 0 unspecified atom stereocenters. The zero-order valence-electron chi connectivity index (χ0n) is 18.3. The van der Waals surface area contributed by atoms with Crippen molar-refractivity contribution < 1.29 is 14.3 Å². The quantitative estimate of drug-likeness (QED) is 0.647. The zero-order chi connectivity index (χ0) is 22.2. The van der Waals surface area contributed by atoms with Crippen molar-refractivity contribution in [2.45, 2.75) is 40.5 Å². The van der Waals surface area contributed by atoms with E-state index in [-0.39, 0.29) is 5.91 Å². The molecule has 2 N–H and O–H groups in total. The number of aryl methyl sites for hydroxylation is 1. The van der Waals surface area contributed by atoms with Crippen molar-refractivity contribution in [3.63, 3.8) is 0 Å². The van der Waals surface area contributed by atoms with Crippen molar-refractivity contribution in [3.05, 3.63) is 47.4 Å². The molecule has 3 aromatic heterocycles. The van der Waals surface area contributed by atoms with E-state index in [2.05, 4.69) is 20.3 Å². The number of nitrogens with zero attached hydrogens (tertiary/aromatic N) is 3. The van der Waals surface area contributed by atoms with E-state index < -0.39 is 11.4 Å². The highest BCUT2D eigenvalue weighted by molar-refractivity contribution is 6.03. The van der Waals surface area contributed by atoms with Gasteiger partial charge < -0.3 is 9.72 Å². The number of imide groups is 1. The lowest BCUT2D eigenvalue weighted by Crippen LogP contribution is -2.39. The van der Waals surface area contributed by atoms with E-state index in [4.69, 9.17) is 4.74 Å². The molecule has 0 aliphatic carbocycles. The number of nitrogens with one attached hydrogen (secondary N) is 2. The highest BCUT2D eigenvalue weighted by Gasteiger charge is 2.41. The largest absolute Gasteiger partial charge is 0.492 e. The van der Waals surface area contributed by atoms with Gasteiger partial charge in [-0.15, -0.1) is 0 Å². The summed E-state index contributed by atoms with van der Waals surface area (Å²) in [5.74, 6) is 1.02. The molecule has 3 aromatic rings. The Morgan fingerprint density at radius 3 is 2.81 bits per heavy atom. The number of amides is 3. The second-order valence-corrected chi connectivity index (χ2v) is 8.45. The van der Waals surface area contributed by atoms with Crippen LogP contribution < -0.4 is 10.1 Å². The van der Waals surface area contributed by atoms with Crippen molar-refractivity contribution in [2.24, 2.45) is 5.41 Å². The number of hydrogen-bond donors (Lipinski definition) is 2. The lowest BCUT2D eigenvalue weighted by atomic mass is 9.92. The first-order valence-corrected chi connectivity index (χ1v) is 10.5. The second-order valence-electron chi connectivity index (χ2n) is 8.45. The molecule has 1 saturated heterocycles. The molecule has 8 nitrogen and oxygen atoms in total. The molecule has 0 atom stereocenters. The summed E-state index contributed by atoms with van der Waals surface area (Å²) in [5.41, 5.74) is 3.26. The number of fused-ring (bicyclic) bond motifs is 1. The van der Waals surface area contributed by atoms with Crippen LogP contribution in [0.4, 0.5) is 10.6 Å². The number of H-pyrrole nitrogens is 1. The Morgan fingerprint density at radius 1 is 1.32 bits per heavy atom. The Morgan fingerprint density at radius 2 is 2.13 bits per heavy atom. The molecule has 0 bridgehead atoms. The van der Waals surface area contributed by atoms with E-state index in [0.717, 1.165) is 33.6 Å². The van der Waals surface area contributed by atoms with Crippen LogP contribution in [-0.4, -0.2) is 44.9 Å². The lowest BCUT2D eigenvalue weighted by molar-refractivity contribution is -0.131. The molecule has 1 fully saturated rings. The number of carbonyl (C=O) groups excluding carboxylic acids is 2. The third-order valence-corrected chi connectivity index (χ3v) is 5.74. The first-order chi connectivity index (χ1) is 14.8. The third kappa shape index (κ3) is 4.10. The molecule has 0 spiro atoms. The molecule has 162 valence electrons. The average molecular weight is 422 g/mol. The van der Waals surface area contributed by atoms with Gasteiger partial charge in [0.05, 0.1) is 12.8 Å². The van der Waals surface area contributed by atoms with Gasteiger partial charge >= 0.3 is 6.03 Å². The Labute approximate surface area is 181 Å². The van der Waals surface area contributed by atoms with E-state index in [1.165, 1.54) is 4.90 Å². The normalized spacial score (nSPS) is 15.5. The predicted octanol–water partition coefficient (Wildman–Crippen LogP) is 4.05.